The number of hydrogen-bond donors (Lipinski definition) is 1. The molecular formula is C22H26ClN3O. The van der Waals surface area contributed by atoms with Crippen molar-refractivity contribution in [3.63, 3.8) is 0 Å². The Balaban J connectivity index is 2.69. The molecule has 1 heterocycles. The van der Waals surface area contributed by atoms with E-state index in [0.717, 1.165) is 41.3 Å². The van der Waals surface area contributed by atoms with Crippen molar-refractivity contribution in [3.05, 3.63) is 64.6 Å². The first kappa shape index (κ1) is 21.0. The average molecular weight is 384 g/mol. The first-order valence-electron chi connectivity index (χ1n) is 9.06. The van der Waals surface area contributed by atoms with E-state index in [1.54, 1.807) is 19.3 Å². The highest BCUT2D eigenvalue weighted by Gasteiger charge is 2.14. The van der Waals surface area contributed by atoms with E-state index in [1.807, 2.05) is 38.4 Å². The van der Waals surface area contributed by atoms with E-state index in [1.165, 1.54) is 5.56 Å². The summed E-state index contributed by atoms with van der Waals surface area (Å²) in [5, 5.41) is 4.71. The molecule has 142 valence electrons. The Morgan fingerprint density at radius 1 is 1.37 bits per heavy atom. The Morgan fingerprint density at radius 3 is 2.81 bits per heavy atom. The fourth-order valence-corrected chi connectivity index (χ4v) is 3.32. The Kier molecular flexibility index (Phi) is 7.89. The number of hydrogen-bond acceptors (Lipinski definition) is 4. The second-order valence-electron chi connectivity index (χ2n) is 6.59. The van der Waals surface area contributed by atoms with Crippen LogP contribution >= 0.6 is 11.6 Å². The van der Waals surface area contributed by atoms with E-state index >= 15 is 0 Å². The second kappa shape index (κ2) is 10.1. The maximum Gasteiger partial charge on any atom is 0.145 e. The summed E-state index contributed by atoms with van der Waals surface area (Å²) in [5.41, 5.74) is 4.57. The van der Waals surface area contributed by atoms with E-state index in [-0.39, 0.29) is 0 Å². The van der Waals surface area contributed by atoms with Crippen LogP contribution < -0.4 is 5.32 Å². The van der Waals surface area contributed by atoms with Crippen molar-refractivity contribution in [3.8, 4) is 0 Å². The SMILES string of the molecule is C\C=C/C(=C(Cl)\C=C(/C)C=O)c1cc(C(C)CCNC)c2ncncc2c1. The van der Waals surface area contributed by atoms with E-state index in [4.69, 9.17) is 11.6 Å². The summed E-state index contributed by atoms with van der Waals surface area (Å²) >= 11 is 6.55. The number of carbonyl (C=O) groups excluding carboxylic acids is 1. The molecule has 4 nitrogen and oxygen atoms in total. The first-order chi connectivity index (χ1) is 13.0. The quantitative estimate of drug-likeness (QED) is 0.395. The minimum Gasteiger partial charge on any atom is -0.320 e. The molecule has 1 atom stereocenters. The Morgan fingerprint density at radius 2 is 2.15 bits per heavy atom. The van der Waals surface area contributed by atoms with Crippen LogP contribution in [0.4, 0.5) is 0 Å². The predicted octanol–water partition coefficient (Wildman–Crippen LogP) is 5.01. The van der Waals surface area contributed by atoms with Crippen molar-refractivity contribution in [1.82, 2.24) is 15.3 Å². The third kappa shape index (κ3) is 5.34. The highest BCUT2D eigenvalue weighted by atomic mass is 35.5. The molecule has 27 heavy (non-hydrogen) atoms. The number of carbonyl (C=O) groups is 1. The van der Waals surface area contributed by atoms with E-state index < -0.39 is 0 Å². The van der Waals surface area contributed by atoms with Gasteiger partial charge in [0.1, 0.15) is 12.6 Å². The van der Waals surface area contributed by atoms with Gasteiger partial charge in [-0.3, -0.25) is 4.79 Å². The first-order valence-corrected chi connectivity index (χ1v) is 9.44. The number of aromatic nitrogens is 2. The fraction of sp³-hybridized carbons (Fsp3) is 0.318. The predicted molar refractivity (Wildman–Crippen MR) is 114 cm³/mol. The molecule has 0 saturated heterocycles. The maximum absolute atomic E-state index is 11.0. The van der Waals surface area contributed by atoms with Gasteiger partial charge in [0.25, 0.3) is 0 Å². The summed E-state index contributed by atoms with van der Waals surface area (Å²) < 4.78 is 0. The van der Waals surface area contributed by atoms with E-state index in [0.29, 0.717) is 16.5 Å². The molecule has 0 radical (unpaired) electrons. The standard InChI is InChI=1S/C22H26ClN3O/c1-5-6-19(21(23)9-15(2)13-27)17-10-18-12-25-14-26-22(18)20(11-17)16(3)7-8-24-4/h5-6,9-14,16,24H,7-8H2,1-4H3/b6-5-,15-9+,21-19-. The number of nitrogens with zero attached hydrogens (tertiary/aromatic N) is 2. The number of aldehydes is 1. The fourth-order valence-electron chi connectivity index (χ4n) is 2.97. The van der Waals surface area contributed by atoms with Crippen LogP contribution in [0.5, 0.6) is 0 Å². The number of benzene rings is 1. The second-order valence-corrected chi connectivity index (χ2v) is 6.99. The molecule has 2 aromatic rings. The lowest BCUT2D eigenvalue weighted by atomic mass is 9.91. The lowest BCUT2D eigenvalue weighted by molar-refractivity contribution is -0.104. The van der Waals surface area contributed by atoms with Gasteiger partial charge in [-0.1, -0.05) is 30.7 Å². The molecule has 1 unspecified atom stereocenters. The van der Waals surface area contributed by atoms with Crippen molar-refractivity contribution in [2.45, 2.75) is 33.1 Å². The van der Waals surface area contributed by atoms with Gasteiger partial charge in [-0.2, -0.15) is 0 Å². The van der Waals surface area contributed by atoms with Crippen LogP contribution in [-0.4, -0.2) is 29.8 Å². The Hall–Kier alpha value is -2.30. The summed E-state index contributed by atoms with van der Waals surface area (Å²) in [4.78, 5) is 19.7. The zero-order valence-electron chi connectivity index (χ0n) is 16.3. The van der Waals surface area contributed by atoms with E-state index in [9.17, 15) is 4.79 Å². The zero-order valence-corrected chi connectivity index (χ0v) is 17.0. The number of rotatable bonds is 8. The Labute approximate surface area is 166 Å². The molecule has 0 saturated carbocycles. The van der Waals surface area contributed by atoms with Gasteiger partial charge in [-0.05, 0) is 74.7 Å². The number of halogens is 1. The van der Waals surface area contributed by atoms with Gasteiger partial charge in [-0.25, -0.2) is 9.97 Å². The lowest BCUT2D eigenvalue weighted by Gasteiger charge is -2.16. The van der Waals surface area contributed by atoms with Crippen LogP contribution in [0.25, 0.3) is 16.5 Å². The van der Waals surface area contributed by atoms with Crippen LogP contribution in [0, 0.1) is 0 Å². The highest BCUT2D eigenvalue weighted by Crippen LogP contribution is 2.32. The molecular weight excluding hydrogens is 358 g/mol. The minimum atomic E-state index is 0.327. The highest BCUT2D eigenvalue weighted by molar-refractivity contribution is 6.35. The van der Waals surface area contributed by atoms with Gasteiger partial charge in [0.15, 0.2) is 0 Å². The zero-order chi connectivity index (χ0) is 19.8. The van der Waals surface area contributed by atoms with Crippen LogP contribution in [0.2, 0.25) is 0 Å². The molecule has 5 heteroatoms. The monoisotopic (exact) mass is 383 g/mol. The normalized spacial score (nSPS) is 14.5. The number of fused-ring (bicyclic) bond motifs is 1. The topological polar surface area (TPSA) is 54.9 Å². The van der Waals surface area contributed by atoms with Gasteiger partial charge >= 0.3 is 0 Å². The molecule has 0 aliphatic rings. The molecule has 1 aromatic heterocycles. The van der Waals surface area contributed by atoms with Crippen LogP contribution in [0.15, 0.2) is 53.5 Å². The largest absolute Gasteiger partial charge is 0.320 e. The average Bonchev–Trinajstić information content (AvgIpc) is 2.69. The van der Waals surface area contributed by atoms with Gasteiger partial charge in [0.2, 0.25) is 0 Å². The Bertz CT molecular complexity index is 900. The van der Waals surface area contributed by atoms with Crippen LogP contribution in [-0.2, 0) is 4.79 Å². The third-order valence-electron chi connectivity index (χ3n) is 4.44. The minimum absolute atomic E-state index is 0.327. The molecule has 2 rings (SSSR count). The molecule has 0 amide bonds. The maximum atomic E-state index is 11.0. The van der Waals surface area contributed by atoms with Crippen molar-refractivity contribution in [1.29, 1.82) is 0 Å². The molecule has 0 fully saturated rings. The van der Waals surface area contributed by atoms with Crippen LogP contribution in [0.3, 0.4) is 0 Å². The molecule has 0 spiro atoms. The molecule has 0 bridgehead atoms. The smallest absolute Gasteiger partial charge is 0.145 e. The summed E-state index contributed by atoms with van der Waals surface area (Å²) in [6, 6.07) is 4.20. The summed E-state index contributed by atoms with van der Waals surface area (Å²) in [6.45, 7) is 6.82. The number of nitrogens with one attached hydrogen (secondary N) is 1. The van der Waals surface area contributed by atoms with Crippen molar-refractivity contribution >= 4 is 34.4 Å². The lowest BCUT2D eigenvalue weighted by Crippen LogP contribution is -2.11. The summed E-state index contributed by atoms with van der Waals surface area (Å²) in [7, 11) is 1.96. The number of allylic oxidation sites excluding steroid dienone is 6. The van der Waals surface area contributed by atoms with E-state index in [2.05, 4.69) is 28.3 Å². The van der Waals surface area contributed by atoms with Gasteiger partial charge in [-0.15, -0.1) is 0 Å². The van der Waals surface area contributed by atoms with Gasteiger partial charge < -0.3 is 5.32 Å². The molecule has 1 N–H and O–H groups in total. The molecule has 0 aliphatic carbocycles. The summed E-state index contributed by atoms with van der Waals surface area (Å²) in [5.74, 6) is 0.327. The summed E-state index contributed by atoms with van der Waals surface area (Å²) in [6.07, 6.45) is 10.8. The van der Waals surface area contributed by atoms with Crippen LogP contribution in [0.1, 0.15) is 44.2 Å². The third-order valence-corrected chi connectivity index (χ3v) is 4.75. The van der Waals surface area contributed by atoms with Crippen molar-refractivity contribution < 1.29 is 4.79 Å². The molecule has 0 aliphatic heterocycles. The van der Waals surface area contributed by atoms with Gasteiger partial charge in [0, 0.05) is 22.2 Å². The van der Waals surface area contributed by atoms with Crippen molar-refractivity contribution in [2.24, 2.45) is 0 Å². The molecule has 1 aromatic carbocycles. The van der Waals surface area contributed by atoms with Gasteiger partial charge in [0.05, 0.1) is 5.52 Å². The van der Waals surface area contributed by atoms with Crippen molar-refractivity contribution in [2.75, 3.05) is 13.6 Å².